The van der Waals surface area contributed by atoms with Gasteiger partial charge in [-0.05, 0) is 66.0 Å². The maximum Gasteiger partial charge on any atom is 0.272 e. The van der Waals surface area contributed by atoms with Gasteiger partial charge in [-0.1, -0.05) is 69.3 Å². The molecule has 0 atom stereocenters. The van der Waals surface area contributed by atoms with Gasteiger partial charge in [0.05, 0.1) is 13.2 Å². The van der Waals surface area contributed by atoms with Crippen molar-refractivity contribution in [1.29, 1.82) is 0 Å². The molecule has 0 bridgehead atoms. The molecule has 4 aromatic rings. The summed E-state index contributed by atoms with van der Waals surface area (Å²) in [7, 11) is -1.90. The highest BCUT2D eigenvalue weighted by molar-refractivity contribution is 6.74. The third-order valence-electron chi connectivity index (χ3n) is 8.60. The number of nitrogens with zero attached hydrogens (tertiary/aromatic N) is 4. The summed E-state index contributed by atoms with van der Waals surface area (Å²) in [6.45, 7) is 20.0. The highest BCUT2D eigenvalue weighted by Crippen LogP contribution is 2.38. The lowest BCUT2D eigenvalue weighted by Gasteiger charge is -2.37. The second-order valence-electron chi connectivity index (χ2n) is 12.7. The molecule has 8 heteroatoms. The summed E-state index contributed by atoms with van der Waals surface area (Å²) in [5.41, 5.74) is 7.30. The smallest absolute Gasteiger partial charge is 0.272 e. The number of rotatable bonds is 10. The molecule has 7 nitrogen and oxygen atoms in total. The van der Waals surface area contributed by atoms with Crippen LogP contribution in [0.5, 0.6) is 5.75 Å². The van der Waals surface area contributed by atoms with E-state index in [-0.39, 0.29) is 10.9 Å². The van der Waals surface area contributed by atoms with E-state index in [2.05, 4.69) is 69.7 Å². The average molecular weight is 595 g/mol. The Labute approximate surface area is 256 Å². The number of hydrogen-bond donors (Lipinski definition) is 0. The van der Waals surface area contributed by atoms with E-state index >= 15 is 0 Å². The summed E-state index contributed by atoms with van der Waals surface area (Å²) in [4.78, 5) is 20.1. The van der Waals surface area contributed by atoms with Crippen LogP contribution < -0.4 is 4.74 Å². The molecule has 2 aromatic heterocycles. The van der Waals surface area contributed by atoms with Crippen molar-refractivity contribution in [2.45, 2.75) is 59.0 Å². The maximum absolute atomic E-state index is 14.0. The number of carbonyl (C=O) groups excluding carboxylic acids is 1. The van der Waals surface area contributed by atoms with Gasteiger partial charge in [-0.3, -0.25) is 14.5 Å². The summed E-state index contributed by atoms with van der Waals surface area (Å²) in [6, 6.07) is 20.0. The molecule has 1 aliphatic heterocycles. The van der Waals surface area contributed by atoms with Gasteiger partial charge in [0.15, 0.2) is 8.32 Å². The Morgan fingerprint density at radius 3 is 2.26 bits per heavy atom. The fraction of sp³-hybridized carbons (Fsp3) is 0.343. The van der Waals surface area contributed by atoms with Crippen LogP contribution in [0.4, 0.5) is 0 Å². The largest absolute Gasteiger partial charge is 0.489 e. The van der Waals surface area contributed by atoms with Crippen molar-refractivity contribution in [1.82, 2.24) is 19.7 Å². The van der Waals surface area contributed by atoms with Gasteiger partial charge in [-0.2, -0.15) is 5.10 Å². The van der Waals surface area contributed by atoms with Crippen LogP contribution in [-0.4, -0.2) is 53.6 Å². The van der Waals surface area contributed by atoms with E-state index in [0.717, 1.165) is 44.8 Å². The van der Waals surface area contributed by atoms with Crippen molar-refractivity contribution in [2.24, 2.45) is 0 Å². The van der Waals surface area contributed by atoms with Crippen molar-refractivity contribution < 1.29 is 14.0 Å². The molecular weight excluding hydrogens is 552 g/mol. The van der Waals surface area contributed by atoms with Crippen LogP contribution >= 0.6 is 0 Å². The number of fused-ring (bicyclic) bond motifs is 1. The average Bonchev–Trinajstić information content (AvgIpc) is 3.38. The molecule has 5 rings (SSSR count). The quantitative estimate of drug-likeness (QED) is 0.176. The molecular formula is C35H42N4O3Si. The number of amides is 1. The highest BCUT2D eigenvalue weighted by atomic mass is 28.4. The Bertz CT molecular complexity index is 1590. The first-order valence-corrected chi connectivity index (χ1v) is 17.8. The number of aromatic nitrogens is 3. The van der Waals surface area contributed by atoms with Gasteiger partial charge in [0, 0.05) is 36.6 Å². The summed E-state index contributed by atoms with van der Waals surface area (Å²) in [6.07, 6.45) is 3.51. The summed E-state index contributed by atoms with van der Waals surface area (Å²) < 4.78 is 14.4. The first kappa shape index (κ1) is 30.4. The zero-order valence-corrected chi connectivity index (χ0v) is 27.2. The minimum atomic E-state index is -1.90. The summed E-state index contributed by atoms with van der Waals surface area (Å²) in [5, 5.41) is 5.05. The minimum Gasteiger partial charge on any atom is -0.489 e. The summed E-state index contributed by atoms with van der Waals surface area (Å²) in [5.74, 6) is 0.737. The first-order valence-electron chi connectivity index (χ1n) is 14.9. The van der Waals surface area contributed by atoms with E-state index in [4.69, 9.17) is 14.3 Å². The van der Waals surface area contributed by atoms with Crippen LogP contribution in [0.15, 0.2) is 79.6 Å². The zero-order chi connectivity index (χ0) is 30.8. The van der Waals surface area contributed by atoms with Crippen molar-refractivity contribution in [3.05, 3.63) is 96.5 Å². The van der Waals surface area contributed by atoms with Crippen LogP contribution in [-0.2, 0) is 17.6 Å². The van der Waals surface area contributed by atoms with E-state index in [9.17, 15) is 4.79 Å². The highest BCUT2D eigenvalue weighted by Gasteiger charge is 2.38. The van der Waals surface area contributed by atoms with Crippen LogP contribution in [0.25, 0.3) is 28.0 Å². The van der Waals surface area contributed by atoms with E-state index in [0.29, 0.717) is 38.5 Å². The Balaban J connectivity index is 1.39. The molecule has 0 fully saturated rings. The maximum atomic E-state index is 14.0. The number of pyridine rings is 1. The van der Waals surface area contributed by atoms with E-state index in [1.165, 1.54) is 0 Å². The molecule has 43 heavy (non-hydrogen) atoms. The second-order valence-corrected chi connectivity index (χ2v) is 17.5. The third-order valence-corrected chi connectivity index (χ3v) is 13.1. The number of benzene rings is 2. The molecule has 3 heterocycles. The van der Waals surface area contributed by atoms with Crippen molar-refractivity contribution >= 4 is 19.8 Å². The summed E-state index contributed by atoms with van der Waals surface area (Å²) >= 11 is 0. The van der Waals surface area contributed by atoms with Crippen molar-refractivity contribution in [3.8, 4) is 28.1 Å². The molecule has 0 aliphatic carbocycles. The topological polar surface area (TPSA) is 69.5 Å². The van der Waals surface area contributed by atoms with Gasteiger partial charge < -0.3 is 14.1 Å². The predicted molar refractivity (Wildman–Crippen MR) is 175 cm³/mol. The second kappa shape index (κ2) is 12.3. The normalized spacial score (nSPS) is 13.6. The predicted octanol–water partition coefficient (Wildman–Crippen LogP) is 7.70. The van der Waals surface area contributed by atoms with Gasteiger partial charge >= 0.3 is 0 Å². The fourth-order valence-corrected chi connectivity index (χ4v) is 5.94. The number of carbonyl (C=O) groups is 1. The van der Waals surface area contributed by atoms with E-state index in [1.54, 1.807) is 12.4 Å². The monoisotopic (exact) mass is 594 g/mol. The van der Waals surface area contributed by atoms with Gasteiger partial charge in [0.1, 0.15) is 23.7 Å². The zero-order valence-electron chi connectivity index (χ0n) is 26.2. The molecule has 1 aliphatic rings. The van der Waals surface area contributed by atoms with Gasteiger partial charge in [0.25, 0.3) is 5.91 Å². The van der Waals surface area contributed by atoms with Gasteiger partial charge in [0.2, 0.25) is 0 Å². The molecule has 1 amide bonds. The molecule has 224 valence electrons. The molecule has 0 unspecified atom stereocenters. The third kappa shape index (κ3) is 6.65. The SMILES string of the molecule is C=C(C)c1ccc(COc2ccc(-c3c(-c4ccncc4)nn4c3C(=O)N(CCO[Si](C)(C)C(C)(C)C)CC4)cc2)cc1. The Kier molecular flexibility index (Phi) is 8.71. The van der Waals surface area contributed by atoms with E-state index in [1.807, 2.05) is 52.9 Å². The molecule has 0 radical (unpaired) electrons. The molecule has 0 saturated carbocycles. The number of hydrogen-bond acceptors (Lipinski definition) is 5. The number of ether oxygens (including phenoxy) is 1. The van der Waals surface area contributed by atoms with E-state index < -0.39 is 8.32 Å². The van der Waals surface area contributed by atoms with Crippen LogP contribution in [0.2, 0.25) is 18.1 Å². The Morgan fingerprint density at radius 1 is 0.953 bits per heavy atom. The molecule has 0 N–H and O–H groups in total. The van der Waals surface area contributed by atoms with Crippen molar-refractivity contribution in [3.63, 3.8) is 0 Å². The Hall–Kier alpha value is -4.01. The van der Waals surface area contributed by atoms with Crippen LogP contribution in [0, 0.1) is 0 Å². The fourth-order valence-electron chi connectivity index (χ4n) is 4.90. The number of allylic oxidation sites excluding steroid dienone is 1. The Morgan fingerprint density at radius 2 is 1.63 bits per heavy atom. The first-order chi connectivity index (χ1) is 20.4. The molecule has 2 aromatic carbocycles. The van der Waals surface area contributed by atoms with Crippen LogP contribution in [0.3, 0.4) is 0 Å². The van der Waals surface area contributed by atoms with Gasteiger partial charge in [-0.25, -0.2) is 0 Å². The lowest BCUT2D eigenvalue weighted by molar-refractivity contribution is 0.0666. The molecule has 0 spiro atoms. The minimum absolute atomic E-state index is 0.0218. The standard InChI is InChI=1S/C35H42N4O3Si/c1-25(2)27-10-8-26(9-11-27)24-41-30-14-12-28(13-15-30)31-32(29-16-18-36-19-17-29)37-39-21-20-38(34(40)33(31)39)22-23-42-43(6,7)35(3,4)5/h8-19H,1,20-24H2,2-7H3. The lowest BCUT2D eigenvalue weighted by atomic mass is 9.98. The van der Waals surface area contributed by atoms with Gasteiger partial charge in [-0.15, -0.1) is 0 Å². The lowest BCUT2D eigenvalue weighted by Crippen LogP contribution is -2.46. The van der Waals surface area contributed by atoms with Crippen LogP contribution in [0.1, 0.15) is 49.3 Å². The van der Waals surface area contributed by atoms with Crippen molar-refractivity contribution in [2.75, 3.05) is 19.7 Å². The molecule has 0 saturated heterocycles.